The van der Waals surface area contributed by atoms with Crippen LogP contribution in [-0.4, -0.2) is 71.7 Å². The molecule has 0 saturated heterocycles. The number of carbonyl (C=O) groups excluding carboxylic acids is 1. The Morgan fingerprint density at radius 1 is 1.21 bits per heavy atom. The van der Waals surface area contributed by atoms with E-state index in [-0.39, 0.29) is 16.2 Å². The van der Waals surface area contributed by atoms with Gasteiger partial charge in [-0.2, -0.15) is 0 Å². The number of hydrogen-bond acceptors (Lipinski definition) is 10. The number of carbonyl (C=O) groups is 1. The summed E-state index contributed by atoms with van der Waals surface area (Å²) in [6.07, 6.45) is 10.0. The topological polar surface area (TPSA) is 139 Å². The molecule has 1 amide bonds. The third-order valence-electron chi connectivity index (χ3n) is 6.17. The minimum Gasteiger partial charge on any atom is -0.477 e. The van der Waals surface area contributed by atoms with Crippen LogP contribution in [0, 0.1) is 0 Å². The molecular weight excluding hydrogens is 526 g/mol. The fourth-order valence-electron chi connectivity index (χ4n) is 4.23. The summed E-state index contributed by atoms with van der Waals surface area (Å²) in [5, 5.41) is 2.93. The van der Waals surface area contributed by atoms with Crippen LogP contribution in [0.1, 0.15) is 60.6 Å². The predicted molar refractivity (Wildman–Crippen MR) is 147 cm³/mol. The number of sulfonamides is 1. The Labute approximate surface area is 227 Å². The van der Waals surface area contributed by atoms with Crippen LogP contribution < -0.4 is 14.8 Å². The molecule has 38 heavy (non-hydrogen) atoms. The number of nitrogens with one attached hydrogen (secondary N) is 2. The first-order valence-electron chi connectivity index (χ1n) is 12.6. The third kappa shape index (κ3) is 7.23. The number of ether oxygens (including phenoxy) is 1. The zero-order valence-electron chi connectivity index (χ0n) is 21.8. The molecule has 3 aromatic heterocycles. The van der Waals surface area contributed by atoms with E-state index in [9.17, 15) is 13.2 Å². The SMILES string of the molecule is CCOc1cncc(-c2cnc(C(=O)N[C@@H](CCN(C)C)c3cc(NS(=O)(=O)C4CCCC4)ccn3)s2)n1. The quantitative estimate of drug-likeness (QED) is 0.341. The Kier molecular flexibility index (Phi) is 9.23. The van der Waals surface area contributed by atoms with Gasteiger partial charge in [0.15, 0.2) is 5.01 Å². The minimum absolute atomic E-state index is 0.275. The van der Waals surface area contributed by atoms with E-state index in [0.29, 0.717) is 60.2 Å². The maximum absolute atomic E-state index is 13.2. The van der Waals surface area contributed by atoms with Crippen molar-refractivity contribution < 1.29 is 17.9 Å². The van der Waals surface area contributed by atoms with Crippen LogP contribution >= 0.6 is 11.3 Å². The van der Waals surface area contributed by atoms with E-state index in [1.165, 1.54) is 17.5 Å². The second kappa shape index (κ2) is 12.6. The predicted octanol–water partition coefficient (Wildman–Crippen LogP) is 3.50. The smallest absolute Gasteiger partial charge is 0.280 e. The first-order valence-corrected chi connectivity index (χ1v) is 15.0. The Morgan fingerprint density at radius 3 is 2.74 bits per heavy atom. The van der Waals surface area contributed by atoms with Crippen molar-refractivity contribution in [1.29, 1.82) is 0 Å². The summed E-state index contributed by atoms with van der Waals surface area (Å²) in [6, 6.07) is 2.87. The highest BCUT2D eigenvalue weighted by Crippen LogP contribution is 2.28. The summed E-state index contributed by atoms with van der Waals surface area (Å²) < 4.78 is 33.7. The van der Waals surface area contributed by atoms with Crippen molar-refractivity contribution in [2.45, 2.75) is 50.3 Å². The zero-order chi connectivity index (χ0) is 27.1. The van der Waals surface area contributed by atoms with E-state index in [0.717, 1.165) is 12.8 Å². The van der Waals surface area contributed by atoms with E-state index in [1.54, 1.807) is 30.7 Å². The Balaban J connectivity index is 1.51. The summed E-state index contributed by atoms with van der Waals surface area (Å²) in [7, 11) is 0.415. The molecule has 4 rings (SSSR count). The van der Waals surface area contributed by atoms with Gasteiger partial charge in [-0.25, -0.2) is 18.4 Å². The molecule has 1 aliphatic carbocycles. The van der Waals surface area contributed by atoms with Crippen LogP contribution in [0.15, 0.2) is 36.9 Å². The molecule has 0 aromatic carbocycles. The summed E-state index contributed by atoms with van der Waals surface area (Å²) in [5.74, 6) is 0.0559. The van der Waals surface area contributed by atoms with E-state index >= 15 is 0 Å². The van der Waals surface area contributed by atoms with Gasteiger partial charge in [0.2, 0.25) is 15.9 Å². The van der Waals surface area contributed by atoms with Gasteiger partial charge in [0.05, 0.1) is 46.6 Å². The van der Waals surface area contributed by atoms with Crippen molar-refractivity contribution in [3.63, 3.8) is 0 Å². The van der Waals surface area contributed by atoms with E-state index < -0.39 is 16.1 Å². The van der Waals surface area contributed by atoms with Crippen LogP contribution in [-0.2, 0) is 10.0 Å². The fourth-order valence-corrected chi connectivity index (χ4v) is 6.58. The number of anilines is 1. The van der Waals surface area contributed by atoms with Gasteiger partial charge in [0, 0.05) is 12.4 Å². The van der Waals surface area contributed by atoms with Gasteiger partial charge >= 0.3 is 0 Å². The molecule has 3 heterocycles. The first kappa shape index (κ1) is 27.9. The molecule has 1 atom stereocenters. The molecule has 2 N–H and O–H groups in total. The molecule has 1 saturated carbocycles. The largest absolute Gasteiger partial charge is 0.477 e. The van der Waals surface area contributed by atoms with Gasteiger partial charge in [-0.05, 0) is 59.0 Å². The van der Waals surface area contributed by atoms with E-state index in [4.69, 9.17) is 4.74 Å². The maximum atomic E-state index is 13.2. The van der Waals surface area contributed by atoms with Crippen LogP contribution in [0.3, 0.4) is 0 Å². The number of amides is 1. The van der Waals surface area contributed by atoms with Gasteiger partial charge in [-0.3, -0.25) is 19.5 Å². The highest BCUT2D eigenvalue weighted by Gasteiger charge is 2.29. The minimum atomic E-state index is -3.48. The number of nitrogens with zero attached hydrogens (tertiary/aromatic N) is 5. The summed E-state index contributed by atoms with van der Waals surface area (Å²) >= 11 is 1.20. The summed E-state index contributed by atoms with van der Waals surface area (Å²) in [6.45, 7) is 3.03. The molecule has 13 heteroatoms. The standard InChI is InChI=1S/C25H33N7O4S2/c1-4-36-23-16-26-14-21(29-23)22-15-28-25(37-22)24(33)30-19(10-12-32(2)3)20-13-17(9-11-27-20)31-38(34,35)18-7-5-6-8-18/h9,11,13-16,18-19H,4-8,10,12H2,1-3H3,(H,27,31)(H,30,33)/t19-/m0/s1. The highest BCUT2D eigenvalue weighted by atomic mass is 32.2. The Hall–Kier alpha value is -3.16. The Morgan fingerprint density at radius 2 is 2.00 bits per heavy atom. The molecule has 0 unspecified atom stereocenters. The van der Waals surface area contributed by atoms with Crippen LogP contribution in [0.2, 0.25) is 0 Å². The van der Waals surface area contributed by atoms with Crippen molar-refractivity contribution >= 4 is 33.0 Å². The van der Waals surface area contributed by atoms with E-state index in [1.807, 2.05) is 25.9 Å². The third-order valence-corrected chi connectivity index (χ3v) is 9.05. The number of thiazole rings is 1. The van der Waals surface area contributed by atoms with Crippen molar-refractivity contribution in [1.82, 2.24) is 30.2 Å². The summed E-state index contributed by atoms with van der Waals surface area (Å²) in [5.41, 5.74) is 1.58. The van der Waals surface area contributed by atoms with Gasteiger partial charge in [0.25, 0.3) is 5.91 Å². The Bertz CT molecular complexity index is 1340. The second-order valence-corrected chi connectivity index (χ2v) is 12.3. The lowest BCUT2D eigenvalue weighted by Gasteiger charge is -2.21. The molecule has 0 aliphatic heterocycles. The van der Waals surface area contributed by atoms with Crippen LogP contribution in [0.25, 0.3) is 10.6 Å². The maximum Gasteiger partial charge on any atom is 0.280 e. The van der Waals surface area contributed by atoms with Gasteiger partial charge < -0.3 is 15.0 Å². The van der Waals surface area contributed by atoms with E-state index in [2.05, 4.69) is 30.0 Å². The van der Waals surface area contributed by atoms with Crippen molar-refractivity contribution in [2.24, 2.45) is 0 Å². The fraction of sp³-hybridized carbons (Fsp3) is 0.480. The first-order chi connectivity index (χ1) is 18.2. The lowest BCUT2D eigenvalue weighted by atomic mass is 10.1. The molecular formula is C25H33N7O4S2. The molecule has 11 nitrogen and oxygen atoms in total. The average Bonchev–Trinajstić information content (AvgIpc) is 3.60. The van der Waals surface area contributed by atoms with Crippen molar-refractivity contribution in [2.75, 3.05) is 32.0 Å². The van der Waals surface area contributed by atoms with Crippen molar-refractivity contribution in [3.05, 3.63) is 47.6 Å². The highest BCUT2D eigenvalue weighted by molar-refractivity contribution is 7.93. The molecule has 0 bridgehead atoms. The molecule has 0 spiro atoms. The summed E-state index contributed by atoms with van der Waals surface area (Å²) in [4.78, 5) is 33.2. The molecule has 1 fully saturated rings. The van der Waals surface area contributed by atoms with Gasteiger partial charge in [-0.15, -0.1) is 11.3 Å². The van der Waals surface area contributed by atoms with Crippen LogP contribution in [0.4, 0.5) is 5.69 Å². The van der Waals surface area contributed by atoms with Crippen molar-refractivity contribution in [3.8, 4) is 16.5 Å². The number of hydrogen-bond donors (Lipinski definition) is 2. The normalized spacial score (nSPS) is 14.9. The molecule has 3 aromatic rings. The number of rotatable bonds is 12. The van der Waals surface area contributed by atoms with Gasteiger partial charge in [-0.1, -0.05) is 12.8 Å². The molecule has 0 radical (unpaired) electrons. The number of aromatic nitrogens is 4. The van der Waals surface area contributed by atoms with Crippen LogP contribution in [0.5, 0.6) is 5.88 Å². The molecule has 204 valence electrons. The zero-order valence-corrected chi connectivity index (χ0v) is 23.4. The average molecular weight is 560 g/mol. The second-order valence-electron chi connectivity index (χ2n) is 9.35. The van der Waals surface area contributed by atoms with Gasteiger partial charge in [0.1, 0.15) is 5.69 Å². The molecule has 1 aliphatic rings. The monoisotopic (exact) mass is 559 g/mol. The number of pyridine rings is 1. The lowest BCUT2D eigenvalue weighted by molar-refractivity contribution is 0.0931. The lowest BCUT2D eigenvalue weighted by Crippen LogP contribution is -2.31.